The molecule has 0 aliphatic rings. The summed E-state index contributed by atoms with van der Waals surface area (Å²) in [5.41, 5.74) is 4.33. The Balaban J connectivity index is 1.79. The molecule has 3 rings (SSSR count). The molecule has 0 fully saturated rings. The van der Waals surface area contributed by atoms with Gasteiger partial charge in [-0.05, 0) is 36.1 Å². The van der Waals surface area contributed by atoms with Crippen molar-refractivity contribution in [3.05, 3.63) is 58.1 Å². The molecule has 20 heavy (non-hydrogen) atoms. The summed E-state index contributed by atoms with van der Waals surface area (Å²) in [6.45, 7) is 2.74. The van der Waals surface area contributed by atoms with Crippen LogP contribution in [0.2, 0.25) is 5.02 Å². The summed E-state index contributed by atoms with van der Waals surface area (Å²) < 4.78 is 0. The van der Waals surface area contributed by atoms with Gasteiger partial charge in [0.25, 0.3) is 0 Å². The number of rotatable bonds is 4. The van der Waals surface area contributed by atoms with Gasteiger partial charge in [0.2, 0.25) is 0 Å². The maximum absolute atomic E-state index is 6.19. The van der Waals surface area contributed by atoms with Crippen LogP contribution in [0.4, 0.5) is 5.69 Å². The molecule has 0 atom stereocenters. The molecule has 3 aromatic rings. The van der Waals surface area contributed by atoms with Crippen molar-refractivity contribution in [3.8, 4) is 10.6 Å². The first-order valence-electron chi connectivity index (χ1n) is 6.30. The average molecular weight is 304 g/mol. The first-order chi connectivity index (χ1) is 9.74. The van der Waals surface area contributed by atoms with Gasteiger partial charge in [-0.2, -0.15) is 5.10 Å². The molecule has 3 nitrogen and oxygen atoms in total. The van der Waals surface area contributed by atoms with Gasteiger partial charge in [0.05, 0.1) is 27.5 Å². The maximum atomic E-state index is 6.19. The molecule has 0 spiro atoms. The van der Waals surface area contributed by atoms with Gasteiger partial charge in [0.15, 0.2) is 0 Å². The number of nitrogens with one attached hydrogen (secondary N) is 2. The van der Waals surface area contributed by atoms with E-state index in [1.165, 1.54) is 10.4 Å². The highest BCUT2D eigenvalue weighted by molar-refractivity contribution is 7.13. The molecule has 0 saturated heterocycles. The van der Waals surface area contributed by atoms with Gasteiger partial charge in [0.1, 0.15) is 0 Å². The van der Waals surface area contributed by atoms with Crippen LogP contribution in [0.3, 0.4) is 0 Å². The van der Waals surface area contributed by atoms with Crippen molar-refractivity contribution in [1.82, 2.24) is 10.2 Å². The predicted molar refractivity (Wildman–Crippen MR) is 85.4 cm³/mol. The van der Waals surface area contributed by atoms with E-state index in [0.29, 0.717) is 6.54 Å². The number of hydrogen-bond donors (Lipinski definition) is 2. The minimum atomic E-state index is 0.687. The fourth-order valence-electron chi connectivity index (χ4n) is 2.04. The molecule has 0 amide bonds. The monoisotopic (exact) mass is 303 g/mol. The van der Waals surface area contributed by atoms with E-state index in [9.17, 15) is 0 Å². The summed E-state index contributed by atoms with van der Waals surface area (Å²) >= 11 is 7.89. The van der Waals surface area contributed by atoms with E-state index < -0.39 is 0 Å². The number of benzene rings is 1. The molecular weight excluding hydrogens is 290 g/mol. The molecule has 0 unspecified atom stereocenters. The summed E-state index contributed by atoms with van der Waals surface area (Å²) in [6, 6.07) is 10.1. The van der Waals surface area contributed by atoms with Crippen molar-refractivity contribution < 1.29 is 0 Å². The van der Waals surface area contributed by atoms with Crippen molar-refractivity contribution in [2.24, 2.45) is 0 Å². The van der Waals surface area contributed by atoms with Gasteiger partial charge in [-0.15, -0.1) is 11.3 Å². The standard InChI is InChI=1S/C15H14ClN3S/c1-10-4-5-12(16)13(7-10)17-8-11-9-18-19-15(11)14-3-2-6-20-14/h2-7,9,17H,8H2,1H3,(H,18,19). The average Bonchev–Trinajstić information content (AvgIpc) is 3.09. The third-order valence-electron chi connectivity index (χ3n) is 3.08. The lowest BCUT2D eigenvalue weighted by Gasteiger charge is -2.09. The zero-order valence-electron chi connectivity index (χ0n) is 11.0. The molecule has 0 aliphatic carbocycles. The maximum Gasteiger partial charge on any atom is 0.0799 e. The second kappa shape index (κ2) is 5.69. The molecule has 1 aromatic carbocycles. The van der Waals surface area contributed by atoms with E-state index in [-0.39, 0.29) is 0 Å². The van der Waals surface area contributed by atoms with E-state index in [1.807, 2.05) is 30.5 Å². The predicted octanol–water partition coefficient (Wildman–Crippen LogP) is 4.71. The van der Waals surface area contributed by atoms with Crippen LogP contribution < -0.4 is 5.32 Å². The van der Waals surface area contributed by atoms with Crippen LogP contribution in [0.1, 0.15) is 11.1 Å². The van der Waals surface area contributed by atoms with E-state index in [1.54, 1.807) is 11.3 Å². The SMILES string of the molecule is Cc1ccc(Cl)c(NCc2cn[nH]c2-c2cccs2)c1. The van der Waals surface area contributed by atoms with E-state index in [4.69, 9.17) is 11.6 Å². The van der Waals surface area contributed by atoms with Crippen molar-refractivity contribution >= 4 is 28.6 Å². The number of halogens is 1. The Morgan fingerprint density at radius 3 is 3.05 bits per heavy atom. The molecule has 2 heterocycles. The molecule has 2 aromatic heterocycles. The molecule has 0 radical (unpaired) electrons. The number of aryl methyl sites for hydroxylation is 1. The number of hydrogen-bond acceptors (Lipinski definition) is 3. The summed E-state index contributed by atoms with van der Waals surface area (Å²) in [6.07, 6.45) is 1.85. The van der Waals surface area contributed by atoms with Crippen LogP contribution in [0.5, 0.6) is 0 Å². The molecule has 0 saturated carbocycles. The van der Waals surface area contributed by atoms with E-state index in [0.717, 1.165) is 22.0 Å². The smallest absolute Gasteiger partial charge is 0.0799 e. The highest BCUT2D eigenvalue weighted by Crippen LogP contribution is 2.28. The van der Waals surface area contributed by atoms with E-state index >= 15 is 0 Å². The number of H-pyrrole nitrogens is 1. The molecule has 0 bridgehead atoms. The Bertz CT molecular complexity index is 704. The first-order valence-corrected chi connectivity index (χ1v) is 7.56. The highest BCUT2D eigenvalue weighted by Gasteiger charge is 2.09. The van der Waals surface area contributed by atoms with Gasteiger partial charge in [-0.25, -0.2) is 0 Å². The summed E-state index contributed by atoms with van der Waals surface area (Å²) in [5, 5.41) is 13.4. The van der Waals surface area contributed by atoms with Crippen LogP contribution in [0.15, 0.2) is 41.9 Å². The minimum Gasteiger partial charge on any atom is -0.380 e. The quantitative estimate of drug-likeness (QED) is 0.732. The molecule has 102 valence electrons. The van der Waals surface area contributed by atoms with Crippen LogP contribution in [0, 0.1) is 6.92 Å². The van der Waals surface area contributed by atoms with Gasteiger partial charge in [-0.3, -0.25) is 5.10 Å². The van der Waals surface area contributed by atoms with Gasteiger partial charge < -0.3 is 5.32 Å². The number of aromatic nitrogens is 2. The Hall–Kier alpha value is -1.78. The Morgan fingerprint density at radius 2 is 2.25 bits per heavy atom. The second-order valence-electron chi connectivity index (χ2n) is 4.58. The summed E-state index contributed by atoms with van der Waals surface area (Å²) in [7, 11) is 0. The van der Waals surface area contributed by atoms with Crippen molar-refractivity contribution in [3.63, 3.8) is 0 Å². The zero-order chi connectivity index (χ0) is 13.9. The number of thiophene rings is 1. The zero-order valence-corrected chi connectivity index (χ0v) is 12.6. The van der Waals surface area contributed by atoms with Crippen LogP contribution in [0.25, 0.3) is 10.6 Å². The third-order valence-corrected chi connectivity index (χ3v) is 4.29. The van der Waals surface area contributed by atoms with Crippen molar-refractivity contribution in [2.45, 2.75) is 13.5 Å². The number of nitrogens with zero attached hydrogens (tertiary/aromatic N) is 1. The largest absolute Gasteiger partial charge is 0.380 e. The Morgan fingerprint density at radius 1 is 1.35 bits per heavy atom. The number of anilines is 1. The first kappa shape index (κ1) is 13.2. The summed E-state index contributed by atoms with van der Waals surface area (Å²) in [4.78, 5) is 1.19. The molecule has 5 heteroatoms. The van der Waals surface area contributed by atoms with Gasteiger partial charge in [-0.1, -0.05) is 23.7 Å². The normalized spacial score (nSPS) is 10.7. The second-order valence-corrected chi connectivity index (χ2v) is 5.94. The summed E-state index contributed by atoms with van der Waals surface area (Å²) in [5.74, 6) is 0. The third kappa shape index (κ3) is 2.71. The fraction of sp³-hybridized carbons (Fsp3) is 0.133. The van der Waals surface area contributed by atoms with Gasteiger partial charge in [0, 0.05) is 12.1 Å². The topological polar surface area (TPSA) is 40.7 Å². The van der Waals surface area contributed by atoms with Crippen LogP contribution in [-0.2, 0) is 6.54 Å². The Labute approximate surface area is 126 Å². The lowest BCUT2D eigenvalue weighted by molar-refractivity contribution is 1.10. The van der Waals surface area contributed by atoms with Crippen molar-refractivity contribution in [1.29, 1.82) is 0 Å². The minimum absolute atomic E-state index is 0.687. The number of aromatic amines is 1. The lowest BCUT2D eigenvalue weighted by Crippen LogP contribution is -2.00. The molecule has 2 N–H and O–H groups in total. The fourth-order valence-corrected chi connectivity index (χ4v) is 2.98. The Kier molecular flexibility index (Phi) is 3.76. The highest BCUT2D eigenvalue weighted by atomic mass is 35.5. The van der Waals surface area contributed by atoms with Crippen LogP contribution in [-0.4, -0.2) is 10.2 Å². The van der Waals surface area contributed by atoms with Crippen molar-refractivity contribution in [2.75, 3.05) is 5.32 Å². The lowest BCUT2D eigenvalue weighted by atomic mass is 10.2. The molecular formula is C15H14ClN3S. The van der Waals surface area contributed by atoms with Crippen LogP contribution >= 0.6 is 22.9 Å². The van der Waals surface area contributed by atoms with Gasteiger partial charge >= 0.3 is 0 Å². The molecule has 0 aliphatic heterocycles. The van der Waals surface area contributed by atoms with E-state index in [2.05, 4.69) is 33.9 Å².